The van der Waals surface area contributed by atoms with Gasteiger partial charge in [-0.3, -0.25) is 14.9 Å². The van der Waals surface area contributed by atoms with Crippen molar-refractivity contribution < 1.29 is 19.2 Å². The van der Waals surface area contributed by atoms with Crippen LogP contribution in [0.2, 0.25) is 0 Å². The van der Waals surface area contributed by atoms with E-state index in [1.54, 1.807) is 36.4 Å². The van der Waals surface area contributed by atoms with Gasteiger partial charge in [-0.25, -0.2) is 0 Å². The standard InChI is InChI=1S/C22H15NO5/c24-22-19-11-10-18(27-14-16-6-8-17(9-7-16)23(25)26)13-20(19)28-21(22)12-15-4-2-1-3-5-15/h1-13H,14H2. The largest absolute Gasteiger partial charge is 0.489 e. The highest BCUT2D eigenvalue weighted by atomic mass is 16.6. The number of carbonyl (C=O) groups excluding carboxylic acids is 1. The fraction of sp³-hybridized carbons (Fsp3) is 0.0455. The van der Waals surface area contributed by atoms with Crippen molar-refractivity contribution >= 4 is 17.5 Å². The minimum absolute atomic E-state index is 0.0333. The van der Waals surface area contributed by atoms with Crippen molar-refractivity contribution in [2.75, 3.05) is 0 Å². The van der Waals surface area contributed by atoms with E-state index in [0.717, 1.165) is 11.1 Å². The lowest BCUT2D eigenvalue weighted by Gasteiger charge is -2.07. The Morgan fingerprint density at radius 1 is 1.00 bits per heavy atom. The van der Waals surface area contributed by atoms with Crippen molar-refractivity contribution in [3.05, 3.63) is 105 Å². The Bertz CT molecular complexity index is 1070. The van der Waals surface area contributed by atoms with E-state index >= 15 is 0 Å². The molecule has 0 bridgehead atoms. The molecule has 0 atom stereocenters. The van der Waals surface area contributed by atoms with Crippen molar-refractivity contribution in [1.29, 1.82) is 0 Å². The average molecular weight is 373 g/mol. The number of nitro benzene ring substituents is 1. The summed E-state index contributed by atoms with van der Waals surface area (Å²) in [6.07, 6.45) is 1.71. The van der Waals surface area contributed by atoms with E-state index < -0.39 is 4.92 Å². The van der Waals surface area contributed by atoms with Crippen molar-refractivity contribution in [2.24, 2.45) is 0 Å². The molecule has 4 rings (SSSR count). The molecule has 6 heteroatoms. The van der Waals surface area contributed by atoms with Gasteiger partial charge in [-0.1, -0.05) is 30.3 Å². The van der Waals surface area contributed by atoms with Gasteiger partial charge in [0.2, 0.25) is 5.78 Å². The zero-order chi connectivity index (χ0) is 19.5. The fourth-order valence-corrected chi connectivity index (χ4v) is 2.84. The predicted molar refractivity (Wildman–Crippen MR) is 103 cm³/mol. The van der Waals surface area contributed by atoms with Gasteiger partial charge in [0, 0.05) is 18.2 Å². The number of nitro groups is 1. The van der Waals surface area contributed by atoms with Gasteiger partial charge < -0.3 is 9.47 Å². The molecule has 0 amide bonds. The first kappa shape index (κ1) is 17.5. The lowest BCUT2D eigenvalue weighted by Crippen LogP contribution is -1.98. The number of allylic oxidation sites excluding steroid dienone is 1. The van der Waals surface area contributed by atoms with E-state index in [0.29, 0.717) is 17.1 Å². The van der Waals surface area contributed by atoms with Crippen LogP contribution in [-0.4, -0.2) is 10.7 Å². The number of non-ortho nitro benzene ring substituents is 1. The lowest BCUT2D eigenvalue weighted by atomic mass is 10.1. The molecule has 0 N–H and O–H groups in total. The summed E-state index contributed by atoms with van der Waals surface area (Å²) in [4.78, 5) is 22.7. The molecule has 1 heterocycles. The third kappa shape index (κ3) is 3.61. The van der Waals surface area contributed by atoms with E-state index in [-0.39, 0.29) is 23.8 Å². The summed E-state index contributed by atoms with van der Waals surface area (Å²) in [6.45, 7) is 0.247. The Morgan fingerprint density at radius 2 is 1.75 bits per heavy atom. The fourth-order valence-electron chi connectivity index (χ4n) is 2.84. The summed E-state index contributed by atoms with van der Waals surface area (Å²) in [5, 5.41) is 10.7. The molecule has 0 radical (unpaired) electrons. The zero-order valence-electron chi connectivity index (χ0n) is 14.7. The molecule has 0 aromatic heterocycles. The molecule has 0 unspecified atom stereocenters. The van der Waals surface area contributed by atoms with E-state index in [1.807, 2.05) is 30.3 Å². The molecule has 0 saturated heterocycles. The van der Waals surface area contributed by atoms with Gasteiger partial charge in [-0.2, -0.15) is 0 Å². The van der Waals surface area contributed by atoms with Crippen LogP contribution in [0, 0.1) is 10.1 Å². The summed E-state index contributed by atoms with van der Waals surface area (Å²) in [5.41, 5.74) is 2.21. The van der Waals surface area contributed by atoms with Crippen LogP contribution in [0.4, 0.5) is 5.69 Å². The number of hydrogen-bond donors (Lipinski definition) is 0. The van der Waals surface area contributed by atoms with Crippen LogP contribution in [0.5, 0.6) is 11.5 Å². The number of benzene rings is 3. The number of hydrogen-bond acceptors (Lipinski definition) is 5. The van der Waals surface area contributed by atoms with Crippen molar-refractivity contribution in [3.63, 3.8) is 0 Å². The van der Waals surface area contributed by atoms with Crippen LogP contribution >= 0.6 is 0 Å². The molecule has 138 valence electrons. The molecule has 0 aliphatic carbocycles. The second-order valence-corrected chi connectivity index (χ2v) is 6.22. The number of carbonyl (C=O) groups is 1. The maximum absolute atomic E-state index is 12.5. The van der Waals surface area contributed by atoms with Crippen molar-refractivity contribution in [1.82, 2.24) is 0 Å². The van der Waals surface area contributed by atoms with Crippen molar-refractivity contribution in [3.8, 4) is 11.5 Å². The van der Waals surface area contributed by atoms with E-state index in [9.17, 15) is 14.9 Å². The van der Waals surface area contributed by atoms with Crippen LogP contribution < -0.4 is 9.47 Å². The number of ketones is 1. The van der Waals surface area contributed by atoms with Gasteiger partial charge in [-0.05, 0) is 41.5 Å². The number of Topliss-reactive ketones (excluding diaryl/α,β-unsaturated/α-hetero) is 1. The summed E-state index contributed by atoms with van der Waals surface area (Å²) >= 11 is 0. The molecule has 3 aromatic rings. The minimum atomic E-state index is -0.444. The topological polar surface area (TPSA) is 78.7 Å². The first-order valence-corrected chi connectivity index (χ1v) is 8.59. The second-order valence-electron chi connectivity index (χ2n) is 6.22. The van der Waals surface area contributed by atoms with Crippen molar-refractivity contribution in [2.45, 2.75) is 6.61 Å². The van der Waals surface area contributed by atoms with E-state index in [4.69, 9.17) is 9.47 Å². The molecule has 1 aliphatic heterocycles. The average Bonchev–Trinajstić information content (AvgIpc) is 3.02. The minimum Gasteiger partial charge on any atom is -0.489 e. The first-order valence-electron chi connectivity index (χ1n) is 8.59. The summed E-state index contributed by atoms with van der Waals surface area (Å²) in [6, 6.07) is 20.7. The highest BCUT2D eigenvalue weighted by Crippen LogP contribution is 2.35. The highest BCUT2D eigenvalue weighted by molar-refractivity contribution is 6.14. The third-order valence-corrected chi connectivity index (χ3v) is 4.29. The number of fused-ring (bicyclic) bond motifs is 1. The molecule has 6 nitrogen and oxygen atoms in total. The Hall–Kier alpha value is -3.93. The molecular formula is C22H15NO5. The predicted octanol–water partition coefficient (Wildman–Crippen LogP) is 4.79. The van der Waals surface area contributed by atoms with Gasteiger partial charge in [0.05, 0.1) is 10.5 Å². The SMILES string of the molecule is O=C1C(=Cc2ccccc2)Oc2cc(OCc3ccc([N+](=O)[O-])cc3)ccc21. The molecule has 3 aromatic carbocycles. The Labute approximate surface area is 160 Å². The monoisotopic (exact) mass is 373 g/mol. The first-order chi connectivity index (χ1) is 13.6. The van der Waals surface area contributed by atoms with Crippen LogP contribution in [-0.2, 0) is 6.61 Å². The quantitative estimate of drug-likeness (QED) is 0.365. The maximum atomic E-state index is 12.5. The molecule has 0 saturated carbocycles. The zero-order valence-corrected chi connectivity index (χ0v) is 14.7. The molecule has 0 spiro atoms. The molecular weight excluding hydrogens is 358 g/mol. The molecule has 28 heavy (non-hydrogen) atoms. The third-order valence-electron chi connectivity index (χ3n) is 4.29. The van der Waals surface area contributed by atoms with Crippen LogP contribution in [0.25, 0.3) is 6.08 Å². The van der Waals surface area contributed by atoms with E-state index in [1.165, 1.54) is 12.1 Å². The van der Waals surface area contributed by atoms with E-state index in [2.05, 4.69) is 0 Å². The maximum Gasteiger partial charge on any atom is 0.269 e. The van der Waals surface area contributed by atoms with Gasteiger partial charge in [0.25, 0.3) is 5.69 Å². The summed E-state index contributed by atoms with van der Waals surface area (Å²) in [7, 11) is 0. The smallest absolute Gasteiger partial charge is 0.269 e. The van der Waals surface area contributed by atoms with Crippen LogP contribution in [0.15, 0.2) is 78.6 Å². The van der Waals surface area contributed by atoms with Gasteiger partial charge in [0.1, 0.15) is 18.1 Å². The van der Waals surface area contributed by atoms with Gasteiger partial charge in [0.15, 0.2) is 5.76 Å². The number of nitrogens with zero attached hydrogens (tertiary/aromatic N) is 1. The number of rotatable bonds is 5. The highest BCUT2D eigenvalue weighted by Gasteiger charge is 2.27. The number of ether oxygens (including phenoxy) is 2. The molecule has 1 aliphatic rings. The molecule has 0 fully saturated rings. The normalized spacial score (nSPS) is 13.9. The Kier molecular flexibility index (Phi) is 4.60. The summed E-state index contributed by atoms with van der Waals surface area (Å²) in [5.74, 6) is 1.11. The lowest BCUT2D eigenvalue weighted by molar-refractivity contribution is -0.384. The second kappa shape index (κ2) is 7.36. The van der Waals surface area contributed by atoms with Crippen LogP contribution in [0.3, 0.4) is 0 Å². The Morgan fingerprint density at radius 3 is 2.46 bits per heavy atom. The Balaban J connectivity index is 1.47. The van der Waals surface area contributed by atoms with Gasteiger partial charge >= 0.3 is 0 Å². The van der Waals surface area contributed by atoms with Gasteiger partial charge in [-0.15, -0.1) is 0 Å². The van der Waals surface area contributed by atoms with Crippen LogP contribution in [0.1, 0.15) is 21.5 Å². The summed E-state index contributed by atoms with van der Waals surface area (Å²) < 4.78 is 11.4.